The van der Waals surface area contributed by atoms with E-state index >= 15 is 0 Å². The van der Waals surface area contributed by atoms with Gasteiger partial charge in [-0.1, -0.05) is 23.2 Å². The molecular formula is C19H15Cl2F3O5. The highest BCUT2D eigenvalue weighted by Crippen LogP contribution is 2.37. The third kappa shape index (κ3) is 5.20. The third-order valence-corrected chi connectivity index (χ3v) is 4.41. The zero-order valence-corrected chi connectivity index (χ0v) is 16.7. The minimum atomic E-state index is -4.57. The van der Waals surface area contributed by atoms with Gasteiger partial charge in [0, 0.05) is 5.56 Å². The topological polar surface area (TPSA) is 72.8 Å². The van der Waals surface area contributed by atoms with Gasteiger partial charge in [0.2, 0.25) is 11.4 Å². The molecule has 0 radical (unpaired) electrons. The molecule has 29 heavy (non-hydrogen) atoms. The number of alkyl halides is 3. The molecule has 10 heteroatoms. The Bertz CT molecular complexity index is 942. The molecule has 1 N–H and O–H groups in total. The highest BCUT2D eigenvalue weighted by molar-refractivity contribution is 6.35. The number of aliphatic hydroxyl groups is 1. The van der Waals surface area contributed by atoms with Crippen molar-refractivity contribution in [3.8, 4) is 11.5 Å². The molecule has 0 amide bonds. The summed E-state index contributed by atoms with van der Waals surface area (Å²) in [5, 5.41) is 9.86. The first-order valence-electron chi connectivity index (χ1n) is 8.16. The molecule has 0 fully saturated rings. The molecule has 5 nitrogen and oxygen atoms in total. The lowest BCUT2D eigenvalue weighted by molar-refractivity contribution is -0.158. The van der Waals surface area contributed by atoms with Crippen LogP contribution in [0.2, 0.25) is 10.0 Å². The third-order valence-electron chi connectivity index (χ3n) is 3.78. The number of hydrogen-bond donors (Lipinski definition) is 1. The first kappa shape index (κ1) is 23.0. The fourth-order valence-corrected chi connectivity index (χ4v) is 2.68. The second-order valence-corrected chi connectivity index (χ2v) is 6.82. The van der Waals surface area contributed by atoms with E-state index in [1.54, 1.807) is 0 Å². The molecule has 156 valence electrons. The van der Waals surface area contributed by atoms with E-state index in [1.165, 1.54) is 19.1 Å². The molecule has 0 saturated heterocycles. The molecule has 0 aromatic heterocycles. The van der Waals surface area contributed by atoms with Crippen molar-refractivity contribution in [1.29, 1.82) is 0 Å². The number of carbonyl (C=O) groups excluding carboxylic acids is 2. The minimum absolute atomic E-state index is 0.000863. The summed E-state index contributed by atoms with van der Waals surface area (Å²) < 4.78 is 48.3. The maximum Gasteiger partial charge on any atom is 0.416 e. The van der Waals surface area contributed by atoms with Gasteiger partial charge in [0.25, 0.3) is 0 Å². The van der Waals surface area contributed by atoms with Crippen LogP contribution in [0.3, 0.4) is 0 Å². The predicted octanol–water partition coefficient (Wildman–Crippen LogP) is 5.30. The SMILES string of the molecule is CCOC(=O)[C@](C)(O)C(=O)c1cc(Oc2ccc(C(F)(F)F)cc2Cl)ccc1Cl. The number of ketones is 1. The van der Waals surface area contributed by atoms with Gasteiger partial charge in [0.15, 0.2) is 0 Å². The summed E-state index contributed by atoms with van der Waals surface area (Å²) in [5.41, 5.74) is -3.69. The Kier molecular flexibility index (Phi) is 6.82. The number of benzene rings is 2. The standard InChI is InChI=1S/C19H15Cl2F3O5/c1-3-28-17(26)18(2,27)16(25)12-9-11(5-6-13(12)20)29-15-7-4-10(8-14(15)21)19(22,23)24/h4-9,27H,3H2,1-2H3/t18-/m1/s1. The average Bonchev–Trinajstić information content (AvgIpc) is 2.63. The van der Waals surface area contributed by atoms with Crippen LogP contribution in [0.25, 0.3) is 0 Å². The smallest absolute Gasteiger partial charge is 0.416 e. The summed E-state index contributed by atoms with van der Waals surface area (Å²) >= 11 is 11.8. The van der Waals surface area contributed by atoms with Gasteiger partial charge in [-0.15, -0.1) is 0 Å². The fourth-order valence-electron chi connectivity index (χ4n) is 2.26. The number of rotatable bonds is 6. The van der Waals surface area contributed by atoms with E-state index in [4.69, 9.17) is 27.9 Å². The van der Waals surface area contributed by atoms with E-state index < -0.39 is 29.1 Å². The highest BCUT2D eigenvalue weighted by atomic mass is 35.5. The fraction of sp³-hybridized carbons (Fsp3) is 0.263. The second kappa shape index (κ2) is 8.61. The van der Waals surface area contributed by atoms with Gasteiger partial charge in [-0.3, -0.25) is 4.79 Å². The molecular weight excluding hydrogens is 436 g/mol. The minimum Gasteiger partial charge on any atom is -0.464 e. The lowest BCUT2D eigenvalue weighted by Crippen LogP contribution is -2.45. The Hall–Kier alpha value is -2.29. The zero-order valence-electron chi connectivity index (χ0n) is 15.1. The van der Waals surface area contributed by atoms with Gasteiger partial charge in [-0.05, 0) is 50.2 Å². The lowest BCUT2D eigenvalue weighted by atomic mass is 9.94. The molecule has 2 rings (SSSR count). The summed E-state index contributed by atoms with van der Waals surface area (Å²) in [6.45, 7) is 2.42. The Labute approximate surface area is 173 Å². The van der Waals surface area contributed by atoms with Crippen LogP contribution in [0.5, 0.6) is 11.5 Å². The van der Waals surface area contributed by atoms with Crippen molar-refractivity contribution in [3.63, 3.8) is 0 Å². The average molecular weight is 451 g/mol. The predicted molar refractivity (Wildman–Crippen MR) is 99.6 cm³/mol. The molecule has 2 aromatic carbocycles. The quantitative estimate of drug-likeness (QED) is 0.367. The van der Waals surface area contributed by atoms with Crippen LogP contribution in [0.15, 0.2) is 36.4 Å². The number of carbonyl (C=O) groups is 2. The molecule has 0 bridgehead atoms. The summed E-state index contributed by atoms with van der Waals surface area (Å²) in [4.78, 5) is 24.4. The van der Waals surface area contributed by atoms with Gasteiger partial charge in [0.05, 0.1) is 22.2 Å². The molecule has 2 aromatic rings. The van der Waals surface area contributed by atoms with Crippen LogP contribution >= 0.6 is 23.2 Å². The monoisotopic (exact) mass is 450 g/mol. The van der Waals surface area contributed by atoms with Gasteiger partial charge >= 0.3 is 12.1 Å². The summed E-state index contributed by atoms with van der Waals surface area (Å²) in [6.07, 6.45) is -4.57. The summed E-state index contributed by atoms with van der Waals surface area (Å²) in [6, 6.07) is 6.25. The maximum absolute atomic E-state index is 12.7. The van der Waals surface area contributed by atoms with E-state index in [-0.39, 0.29) is 33.7 Å². The van der Waals surface area contributed by atoms with Crippen LogP contribution in [-0.4, -0.2) is 29.1 Å². The van der Waals surface area contributed by atoms with Crippen LogP contribution < -0.4 is 4.74 Å². The highest BCUT2D eigenvalue weighted by Gasteiger charge is 2.42. The summed E-state index contributed by atoms with van der Waals surface area (Å²) in [7, 11) is 0. The van der Waals surface area contributed by atoms with E-state index in [0.717, 1.165) is 25.1 Å². The van der Waals surface area contributed by atoms with Crippen molar-refractivity contribution >= 4 is 35.0 Å². The number of hydrogen-bond acceptors (Lipinski definition) is 5. The molecule has 0 aliphatic rings. The van der Waals surface area contributed by atoms with E-state index in [0.29, 0.717) is 6.07 Å². The van der Waals surface area contributed by atoms with E-state index in [1.807, 2.05) is 0 Å². The van der Waals surface area contributed by atoms with Crippen molar-refractivity contribution in [2.24, 2.45) is 0 Å². The Morgan fingerprint density at radius 3 is 2.28 bits per heavy atom. The first-order chi connectivity index (χ1) is 13.4. The van der Waals surface area contributed by atoms with Crippen molar-refractivity contribution in [1.82, 2.24) is 0 Å². The molecule has 0 spiro atoms. The van der Waals surface area contributed by atoms with Gasteiger partial charge in [-0.25, -0.2) is 4.79 Å². The summed E-state index contributed by atoms with van der Waals surface area (Å²) in [5.74, 6) is -2.29. The van der Waals surface area contributed by atoms with Crippen LogP contribution in [0.4, 0.5) is 13.2 Å². The van der Waals surface area contributed by atoms with Gasteiger partial charge in [0.1, 0.15) is 11.5 Å². The molecule has 0 heterocycles. The number of esters is 1. The van der Waals surface area contributed by atoms with Crippen molar-refractivity contribution in [3.05, 3.63) is 57.6 Å². The second-order valence-electron chi connectivity index (χ2n) is 6.01. The van der Waals surface area contributed by atoms with E-state index in [9.17, 15) is 27.9 Å². The Balaban J connectivity index is 2.34. The molecule has 0 unspecified atom stereocenters. The van der Waals surface area contributed by atoms with Crippen molar-refractivity contribution in [2.45, 2.75) is 25.6 Å². The van der Waals surface area contributed by atoms with Gasteiger partial charge < -0.3 is 14.6 Å². The molecule has 0 aliphatic heterocycles. The lowest BCUT2D eigenvalue weighted by Gasteiger charge is -2.20. The van der Waals surface area contributed by atoms with Crippen LogP contribution in [0.1, 0.15) is 29.8 Å². The molecule has 0 saturated carbocycles. The van der Waals surface area contributed by atoms with Crippen LogP contribution in [-0.2, 0) is 15.7 Å². The maximum atomic E-state index is 12.7. The first-order valence-corrected chi connectivity index (χ1v) is 8.92. The number of ether oxygens (including phenoxy) is 2. The Morgan fingerprint density at radius 1 is 1.07 bits per heavy atom. The van der Waals surface area contributed by atoms with Crippen molar-refractivity contribution in [2.75, 3.05) is 6.61 Å². The molecule has 1 atom stereocenters. The van der Waals surface area contributed by atoms with E-state index in [2.05, 4.69) is 4.74 Å². The number of halogens is 5. The zero-order chi connectivity index (χ0) is 22.0. The largest absolute Gasteiger partial charge is 0.464 e. The Morgan fingerprint density at radius 2 is 1.72 bits per heavy atom. The van der Waals surface area contributed by atoms with Crippen molar-refractivity contribution < 1.29 is 37.3 Å². The molecule has 0 aliphatic carbocycles. The normalized spacial score (nSPS) is 13.5. The van der Waals surface area contributed by atoms with Crippen LogP contribution in [0, 0.1) is 0 Å². The number of Topliss-reactive ketones (excluding diaryl/α,β-unsaturated/α-hetero) is 1. The van der Waals surface area contributed by atoms with Gasteiger partial charge in [-0.2, -0.15) is 13.2 Å².